The number of rotatable bonds is 6. The Balaban J connectivity index is 1.08. The summed E-state index contributed by atoms with van der Waals surface area (Å²) in [6.45, 7) is 0. The van der Waals surface area contributed by atoms with Gasteiger partial charge in [-0.15, -0.1) is 0 Å². The number of nitrogens with one attached hydrogen (secondary N) is 1. The van der Waals surface area contributed by atoms with E-state index in [4.69, 9.17) is 9.97 Å². The van der Waals surface area contributed by atoms with Gasteiger partial charge in [-0.25, -0.2) is 9.97 Å². The van der Waals surface area contributed by atoms with Gasteiger partial charge in [0.1, 0.15) is 5.69 Å². The lowest BCUT2D eigenvalue weighted by Crippen LogP contribution is -2.03. The number of benzene rings is 9. The predicted octanol–water partition coefficient (Wildman–Crippen LogP) is 13.8. The van der Waals surface area contributed by atoms with E-state index in [0.29, 0.717) is 0 Å². The quantitative estimate of drug-likeness (QED) is 0.186. The van der Waals surface area contributed by atoms with Crippen LogP contribution in [0.1, 0.15) is 0 Å². The Morgan fingerprint density at radius 2 is 1.00 bits per heavy atom. The molecule has 0 saturated carbocycles. The molecule has 1 N–H and O–H groups in total. The minimum Gasteiger partial charge on any atom is -0.355 e. The van der Waals surface area contributed by atoms with Gasteiger partial charge in [0.25, 0.3) is 0 Å². The van der Waals surface area contributed by atoms with Crippen molar-refractivity contribution < 1.29 is 0 Å². The van der Waals surface area contributed by atoms with Crippen LogP contribution in [0.15, 0.2) is 200 Å². The highest BCUT2D eigenvalue weighted by atomic mass is 15.1. The van der Waals surface area contributed by atoms with Crippen LogP contribution in [0.25, 0.3) is 93.7 Å². The molecule has 0 spiro atoms. The van der Waals surface area contributed by atoms with Gasteiger partial charge in [-0.1, -0.05) is 152 Å². The summed E-state index contributed by atoms with van der Waals surface area (Å²) >= 11 is 0. The zero-order valence-corrected chi connectivity index (χ0v) is 30.4. The van der Waals surface area contributed by atoms with Crippen LogP contribution in [-0.2, 0) is 0 Å². The van der Waals surface area contributed by atoms with Crippen LogP contribution in [-0.4, -0.2) is 14.5 Å². The number of fused-ring (bicyclic) bond motifs is 6. The first-order valence-electron chi connectivity index (χ1n) is 19.0. The Morgan fingerprint density at radius 1 is 0.393 bits per heavy atom. The van der Waals surface area contributed by atoms with E-state index >= 15 is 0 Å². The largest absolute Gasteiger partial charge is 0.355 e. The topological polar surface area (TPSA) is 42.7 Å². The molecule has 11 rings (SSSR count). The van der Waals surface area contributed by atoms with Crippen molar-refractivity contribution in [2.24, 2.45) is 0 Å². The smallest absolute Gasteiger partial charge is 0.165 e. The first kappa shape index (κ1) is 31.9. The van der Waals surface area contributed by atoms with Crippen molar-refractivity contribution in [2.75, 3.05) is 5.32 Å². The van der Waals surface area contributed by atoms with E-state index in [-0.39, 0.29) is 0 Å². The maximum atomic E-state index is 5.37. The van der Waals surface area contributed by atoms with E-state index in [9.17, 15) is 0 Å². The molecule has 56 heavy (non-hydrogen) atoms. The number of nitrogens with zero attached hydrogens (tertiary/aromatic N) is 3. The minimum atomic E-state index is 0.813. The molecular formula is C52H34N4. The summed E-state index contributed by atoms with van der Waals surface area (Å²) in [7, 11) is 0. The third-order valence-corrected chi connectivity index (χ3v) is 10.9. The van der Waals surface area contributed by atoms with Crippen LogP contribution in [0.5, 0.6) is 0 Å². The van der Waals surface area contributed by atoms with Gasteiger partial charge in [0.2, 0.25) is 0 Å². The Hall–Kier alpha value is -7.56. The molecule has 0 aliphatic heterocycles. The van der Waals surface area contributed by atoms with Crippen molar-refractivity contribution in [1.82, 2.24) is 14.5 Å². The van der Waals surface area contributed by atoms with Crippen molar-refractivity contribution in [3.05, 3.63) is 200 Å². The highest BCUT2D eigenvalue weighted by Crippen LogP contribution is 2.42. The molecule has 0 fully saturated rings. The lowest BCUT2D eigenvalue weighted by molar-refractivity contribution is 1.08. The second-order valence-corrected chi connectivity index (χ2v) is 14.3. The van der Waals surface area contributed by atoms with E-state index in [1.165, 1.54) is 37.9 Å². The van der Waals surface area contributed by atoms with Gasteiger partial charge in [-0.2, -0.15) is 0 Å². The van der Waals surface area contributed by atoms with Gasteiger partial charge in [0.05, 0.1) is 22.1 Å². The SMILES string of the molecule is c1ccc(-c2nc3ccccc3nc2-n2c3cc4ccccc4cc3c3c(-c4ccc(-c5ccccc5Nc5ccc6ccccc6c5)cc4)cccc32)cc1. The number of para-hydroxylation sites is 3. The number of hydrogen-bond acceptors (Lipinski definition) is 3. The zero-order chi connectivity index (χ0) is 37.0. The summed E-state index contributed by atoms with van der Waals surface area (Å²) in [6, 6.07) is 71.0. The summed E-state index contributed by atoms with van der Waals surface area (Å²) in [5.74, 6) is 0.813. The lowest BCUT2D eigenvalue weighted by atomic mass is 9.96. The molecule has 0 bridgehead atoms. The summed E-state index contributed by atoms with van der Waals surface area (Å²) in [4.78, 5) is 10.6. The summed E-state index contributed by atoms with van der Waals surface area (Å²) < 4.78 is 2.32. The highest BCUT2D eigenvalue weighted by molar-refractivity contribution is 6.19. The average molecular weight is 715 g/mol. The number of anilines is 2. The van der Waals surface area contributed by atoms with E-state index in [1.54, 1.807) is 0 Å². The van der Waals surface area contributed by atoms with Crippen molar-refractivity contribution in [2.45, 2.75) is 0 Å². The average Bonchev–Trinajstić information content (AvgIpc) is 3.58. The van der Waals surface area contributed by atoms with E-state index < -0.39 is 0 Å². The lowest BCUT2D eigenvalue weighted by Gasteiger charge is -2.14. The van der Waals surface area contributed by atoms with Crippen LogP contribution >= 0.6 is 0 Å². The van der Waals surface area contributed by atoms with Crippen molar-refractivity contribution in [3.8, 4) is 39.3 Å². The molecule has 0 saturated heterocycles. The van der Waals surface area contributed by atoms with Crippen molar-refractivity contribution >= 4 is 65.8 Å². The molecule has 0 atom stereocenters. The summed E-state index contributed by atoms with van der Waals surface area (Å²) in [5.41, 5.74) is 12.5. The second kappa shape index (κ2) is 13.1. The van der Waals surface area contributed by atoms with Gasteiger partial charge < -0.3 is 5.32 Å². The standard InChI is InChI=1S/C52H34N4/c1-2-14-37(15-3-1)51-52(55-47-23-11-10-22-46(47)54-51)56-48-24-12-20-43(50(48)44-32-39-17-6-7-18-40(39)33-49(44)56)36-27-25-35(26-28-36)42-19-8-9-21-45(42)53-41-30-29-34-13-4-5-16-38(34)31-41/h1-33,53H. The number of hydrogen-bond donors (Lipinski definition) is 1. The molecule has 2 heterocycles. The molecule has 0 unspecified atom stereocenters. The molecule has 0 aliphatic rings. The Kier molecular flexibility index (Phi) is 7.46. The fraction of sp³-hybridized carbons (Fsp3) is 0. The molecule has 4 nitrogen and oxygen atoms in total. The van der Waals surface area contributed by atoms with Gasteiger partial charge in [0, 0.05) is 33.3 Å². The van der Waals surface area contributed by atoms with Crippen LogP contribution in [0.2, 0.25) is 0 Å². The first-order chi connectivity index (χ1) is 27.7. The fourth-order valence-corrected chi connectivity index (χ4v) is 8.25. The van der Waals surface area contributed by atoms with Gasteiger partial charge >= 0.3 is 0 Å². The van der Waals surface area contributed by atoms with Crippen molar-refractivity contribution in [3.63, 3.8) is 0 Å². The Labute approximate surface area is 324 Å². The molecule has 4 heteroatoms. The fourth-order valence-electron chi connectivity index (χ4n) is 8.25. The Morgan fingerprint density at radius 3 is 1.79 bits per heavy atom. The van der Waals surface area contributed by atoms with Gasteiger partial charge in [-0.05, 0) is 86.8 Å². The molecule has 262 valence electrons. The molecule has 11 aromatic rings. The molecule has 9 aromatic carbocycles. The van der Waals surface area contributed by atoms with E-state index in [0.717, 1.165) is 67.2 Å². The summed E-state index contributed by atoms with van der Waals surface area (Å²) in [5, 5.41) is 10.9. The third-order valence-electron chi connectivity index (χ3n) is 10.9. The van der Waals surface area contributed by atoms with Crippen LogP contribution < -0.4 is 5.32 Å². The van der Waals surface area contributed by atoms with Gasteiger partial charge in [-0.3, -0.25) is 4.57 Å². The third kappa shape index (κ3) is 5.39. The van der Waals surface area contributed by atoms with E-state index in [2.05, 4.69) is 180 Å². The van der Waals surface area contributed by atoms with Crippen molar-refractivity contribution in [1.29, 1.82) is 0 Å². The van der Waals surface area contributed by atoms with Gasteiger partial charge in [0.15, 0.2) is 5.82 Å². The predicted molar refractivity (Wildman–Crippen MR) is 235 cm³/mol. The molecule has 0 amide bonds. The molecule has 0 radical (unpaired) electrons. The number of aromatic nitrogens is 3. The molecular weight excluding hydrogens is 681 g/mol. The van der Waals surface area contributed by atoms with Crippen LogP contribution in [0, 0.1) is 0 Å². The van der Waals surface area contributed by atoms with E-state index in [1.807, 2.05) is 30.3 Å². The first-order valence-corrected chi connectivity index (χ1v) is 19.0. The normalized spacial score (nSPS) is 11.6. The van der Waals surface area contributed by atoms with Crippen LogP contribution in [0.4, 0.5) is 11.4 Å². The highest BCUT2D eigenvalue weighted by Gasteiger charge is 2.22. The zero-order valence-electron chi connectivity index (χ0n) is 30.4. The maximum absolute atomic E-state index is 5.37. The van der Waals surface area contributed by atoms with Crippen LogP contribution in [0.3, 0.4) is 0 Å². The Bertz CT molecular complexity index is 3270. The molecule has 0 aliphatic carbocycles. The summed E-state index contributed by atoms with van der Waals surface area (Å²) in [6.07, 6.45) is 0. The monoisotopic (exact) mass is 714 g/mol. The molecule has 2 aromatic heterocycles. The minimum absolute atomic E-state index is 0.813. The second-order valence-electron chi connectivity index (χ2n) is 14.3. The maximum Gasteiger partial charge on any atom is 0.165 e.